The van der Waals surface area contributed by atoms with Crippen molar-refractivity contribution < 1.29 is 4.79 Å². The molecule has 0 N–H and O–H groups in total. The summed E-state index contributed by atoms with van der Waals surface area (Å²) in [5, 5.41) is 8.66. The molecule has 0 aliphatic heterocycles. The summed E-state index contributed by atoms with van der Waals surface area (Å²) < 4.78 is 0. The van der Waals surface area contributed by atoms with Gasteiger partial charge < -0.3 is 4.90 Å². The number of carbonyl (C=O) groups is 1. The molecule has 16 heavy (non-hydrogen) atoms. The Labute approximate surface area is 96.3 Å². The van der Waals surface area contributed by atoms with Crippen LogP contribution in [0.4, 0.5) is 0 Å². The van der Waals surface area contributed by atoms with Crippen molar-refractivity contribution in [3.8, 4) is 6.07 Å². The summed E-state index contributed by atoms with van der Waals surface area (Å²) in [6.07, 6.45) is 0.860. The van der Waals surface area contributed by atoms with Crippen LogP contribution in [-0.4, -0.2) is 23.9 Å². The van der Waals surface area contributed by atoms with Crippen LogP contribution in [0.1, 0.15) is 29.3 Å². The molecular formula is C13H16N2O. The minimum absolute atomic E-state index is 0.0663. The lowest BCUT2D eigenvalue weighted by molar-refractivity contribution is 0.0776. The number of nitriles is 1. The van der Waals surface area contributed by atoms with Gasteiger partial charge in [0.2, 0.25) is 0 Å². The number of hydrogen-bond donors (Lipinski definition) is 0. The fraction of sp³-hybridized carbons (Fsp3) is 0.385. The van der Waals surface area contributed by atoms with Crippen LogP contribution in [0.25, 0.3) is 0 Å². The lowest BCUT2D eigenvalue weighted by atomic mass is 10.1. The number of rotatable bonds is 4. The molecule has 1 amide bonds. The van der Waals surface area contributed by atoms with E-state index in [9.17, 15) is 4.79 Å². The number of aryl methyl sites for hydroxylation is 1. The van der Waals surface area contributed by atoms with Gasteiger partial charge in [0.25, 0.3) is 5.91 Å². The van der Waals surface area contributed by atoms with Gasteiger partial charge in [-0.1, -0.05) is 24.6 Å². The third kappa shape index (κ3) is 3.09. The van der Waals surface area contributed by atoms with E-state index in [1.54, 1.807) is 17.0 Å². The van der Waals surface area contributed by atoms with Crippen LogP contribution in [0.2, 0.25) is 0 Å². The highest BCUT2D eigenvalue weighted by Gasteiger charge is 2.13. The molecule has 3 nitrogen and oxygen atoms in total. The molecule has 0 saturated heterocycles. The van der Waals surface area contributed by atoms with Crippen LogP contribution in [0.15, 0.2) is 24.3 Å². The Kier molecular flexibility index (Phi) is 4.53. The first-order chi connectivity index (χ1) is 7.69. The molecular weight excluding hydrogens is 200 g/mol. The summed E-state index contributed by atoms with van der Waals surface area (Å²) in [5.74, 6) is -0.0663. The molecule has 1 aromatic rings. The molecule has 1 aromatic carbocycles. The summed E-state index contributed by atoms with van der Waals surface area (Å²) in [4.78, 5) is 13.6. The number of hydrogen-bond acceptors (Lipinski definition) is 2. The largest absolute Gasteiger partial charge is 0.325 e. The predicted octanol–water partition coefficient (Wildman–Crippen LogP) is 2.37. The Bertz CT molecular complexity index is 389. The van der Waals surface area contributed by atoms with Crippen LogP contribution in [-0.2, 0) is 0 Å². The maximum absolute atomic E-state index is 12.0. The summed E-state index contributed by atoms with van der Waals surface area (Å²) in [6.45, 7) is 4.75. The first-order valence-corrected chi connectivity index (χ1v) is 5.42. The van der Waals surface area contributed by atoms with Gasteiger partial charge in [-0.2, -0.15) is 5.26 Å². The zero-order chi connectivity index (χ0) is 12.0. The van der Waals surface area contributed by atoms with Crippen LogP contribution in [0.3, 0.4) is 0 Å². The van der Waals surface area contributed by atoms with Crippen molar-refractivity contribution in [2.45, 2.75) is 20.3 Å². The summed E-state index contributed by atoms with van der Waals surface area (Å²) in [5.41, 5.74) is 1.77. The second-order valence-corrected chi connectivity index (χ2v) is 3.75. The van der Waals surface area contributed by atoms with Gasteiger partial charge in [0.05, 0.1) is 6.07 Å². The van der Waals surface area contributed by atoms with E-state index in [2.05, 4.69) is 0 Å². The molecule has 0 aliphatic rings. The van der Waals surface area contributed by atoms with Gasteiger partial charge in [-0.05, 0) is 25.5 Å². The predicted molar refractivity (Wildman–Crippen MR) is 63.0 cm³/mol. The SMILES string of the molecule is CCCN(CC#N)C(=O)c1ccc(C)cc1. The maximum Gasteiger partial charge on any atom is 0.254 e. The first kappa shape index (κ1) is 12.3. The van der Waals surface area contributed by atoms with Gasteiger partial charge in [0, 0.05) is 12.1 Å². The Morgan fingerprint density at radius 3 is 2.50 bits per heavy atom. The van der Waals surface area contributed by atoms with Crippen molar-refractivity contribution >= 4 is 5.91 Å². The van der Waals surface area contributed by atoms with Crippen molar-refractivity contribution in [3.05, 3.63) is 35.4 Å². The first-order valence-electron chi connectivity index (χ1n) is 5.42. The van der Waals surface area contributed by atoms with Crippen molar-refractivity contribution in [2.24, 2.45) is 0 Å². The topological polar surface area (TPSA) is 44.1 Å². The van der Waals surface area contributed by atoms with Gasteiger partial charge >= 0.3 is 0 Å². The minimum atomic E-state index is -0.0663. The molecule has 0 atom stereocenters. The molecule has 0 radical (unpaired) electrons. The molecule has 3 heteroatoms. The third-order valence-electron chi connectivity index (χ3n) is 2.34. The minimum Gasteiger partial charge on any atom is -0.325 e. The smallest absolute Gasteiger partial charge is 0.254 e. The van der Waals surface area contributed by atoms with Crippen molar-refractivity contribution in [3.63, 3.8) is 0 Å². The highest BCUT2D eigenvalue weighted by molar-refractivity contribution is 5.94. The average molecular weight is 216 g/mol. The second-order valence-electron chi connectivity index (χ2n) is 3.75. The molecule has 0 aliphatic carbocycles. The van der Waals surface area contributed by atoms with Crippen LogP contribution < -0.4 is 0 Å². The second kappa shape index (κ2) is 5.92. The molecule has 0 saturated carbocycles. The fourth-order valence-corrected chi connectivity index (χ4v) is 1.49. The molecule has 0 aromatic heterocycles. The normalized spacial score (nSPS) is 9.56. The van der Waals surface area contributed by atoms with Crippen LogP contribution >= 0.6 is 0 Å². The van der Waals surface area contributed by atoms with Crippen molar-refractivity contribution in [2.75, 3.05) is 13.1 Å². The molecule has 0 unspecified atom stereocenters. The van der Waals surface area contributed by atoms with E-state index in [1.165, 1.54) is 0 Å². The Balaban J connectivity index is 2.82. The van der Waals surface area contributed by atoms with E-state index in [0.29, 0.717) is 12.1 Å². The molecule has 0 fully saturated rings. The Morgan fingerprint density at radius 1 is 1.38 bits per heavy atom. The third-order valence-corrected chi connectivity index (χ3v) is 2.34. The number of benzene rings is 1. The van der Waals surface area contributed by atoms with Crippen LogP contribution in [0, 0.1) is 18.3 Å². The Morgan fingerprint density at radius 2 is 2.00 bits per heavy atom. The zero-order valence-corrected chi connectivity index (χ0v) is 9.73. The number of nitrogens with zero attached hydrogens (tertiary/aromatic N) is 2. The molecule has 1 rings (SSSR count). The maximum atomic E-state index is 12.0. The van der Waals surface area contributed by atoms with Gasteiger partial charge in [0.1, 0.15) is 6.54 Å². The Hall–Kier alpha value is -1.82. The van der Waals surface area contributed by atoms with Gasteiger partial charge in [-0.25, -0.2) is 0 Å². The molecule has 0 heterocycles. The van der Waals surface area contributed by atoms with E-state index in [1.807, 2.05) is 32.0 Å². The standard InChI is InChI=1S/C13H16N2O/c1-3-9-15(10-8-14)13(16)12-6-4-11(2)5-7-12/h4-7H,3,9-10H2,1-2H3. The number of carbonyl (C=O) groups excluding carboxylic acids is 1. The highest BCUT2D eigenvalue weighted by Crippen LogP contribution is 2.07. The van der Waals surface area contributed by atoms with Crippen molar-refractivity contribution in [1.82, 2.24) is 4.90 Å². The van der Waals surface area contributed by atoms with E-state index < -0.39 is 0 Å². The van der Waals surface area contributed by atoms with E-state index in [-0.39, 0.29) is 12.5 Å². The molecule has 84 valence electrons. The molecule has 0 bridgehead atoms. The van der Waals surface area contributed by atoms with Gasteiger partial charge in [0.15, 0.2) is 0 Å². The van der Waals surface area contributed by atoms with E-state index in [0.717, 1.165) is 12.0 Å². The van der Waals surface area contributed by atoms with E-state index in [4.69, 9.17) is 5.26 Å². The summed E-state index contributed by atoms with van der Waals surface area (Å²) in [6, 6.07) is 9.44. The van der Waals surface area contributed by atoms with Gasteiger partial charge in [-0.3, -0.25) is 4.79 Å². The highest BCUT2D eigenvalue weighted by atomic mass is 16.2. The lowest BCUT2D eigenvalue weighted by Crippen LogP contribution is -2.32. The summed E-state index contributed by atoms with van der Waals surface area (Å²) in [7, 11) is 0. The van der Waals surface area contributed by atoms with E-state index >= 15 is 0 Å². The fourth-order valence-electron chi connectivity index (χ4n) is 1.49. The molecule has 0 spiro atoms. The van der Waals surface area contributed by atoms with Crippen molar-refractivity contribution in [1.29, 1.82) is 5.26 Å². The zero-order valence-electron chi connectivity index (χ0n) is 9.73. The monoisotopic (exact) mass is 216 g/mol. The quantitative estimate of drug-likeness (QED) is 0.725. The van der Waals surface area contributed by atoms with Gasteiger partial charge in [-0.15, -0.1) is 0 Å². The lowest BCUT2D eigenvalue weighted by Gasteiger charge is -2.18. The average Bonchev–Trinajstić information content (AvgIpc) is 2.29. The summed E-state index contributed by atoms with van der Waals surface area (Å²) >= 11 is 0. The number of amides is 1. The van der Waals surface area contributed by atoms with Crippen LogP contribution in [0.5, 0.6) is 0 Å².